The van der Waals surface area contributed by atoms with Crippen molar-refractivity contribution in [1.29, 1.82) is 21.0 Å². The summed E-state index contributed by atoms with van der Waals surface area (Å²) in [5.41, 5.74) is 4.48. The first-order valence-corrected chi connectivity index (χ1v) is 14.8. The molecule has 3 aromatic heterocycles. The highest BCUT2D eigenvalue weighted by Gasteiger charge is 2.34. The van der Waals surface area contributed by atoms with E-state index in [4.69, 9.17) is 0 Å². The minimum Gasteiger partial charge on any atom is -0.378 e. The van der Waals surface area contributed by atoms with Gasteiger partial charge in [-0.25, -0.2) is 0 Å². The highest BCUT2D eigenvalue weighted by atomic mass is 32.1. The molecule has 1 aliphatic rings. The van der Waals surface area contributed by atoms with E-state index in [1.807, 2.05) is 44.4 Å². The Morgan fingerprint density at radius 1 is 0.805 bits per heavy atom. The number of fused-ring (bicyclic) bond motifs is 4. The van der Waals surface area contributed by atoms with Crippen LogP contribution in [0.5, 0.6) is 0 Å². The Kier molecular flexibility index (Phi) is 6.30. The van der Waals surface area contributed by atoms with E-state index in [9.17, 15) is 25.8 Å². The van der Waals surface area contributed by atoms with Gasteiger partial charge in [0.25, 0.3) is 0 Å². The van der Waals surface area contributed by atoms with Crippen molar-refractivity contribution in [1.82, 2.24) is 0 Å². The molecule has 3 heterocycles. The van der Waals surface area contributed by atoms with E-state index in [-0.39, 0.29) is 39.2 Å². The van der Waals surface area contributed by atoms with Crippen LogP contribution in [0, 0.1) is 52.2 Å². The first-order valence-electron chi connectivity index (χ1n) is 12.3. The van der Waals surface area contributed by atoms with Crippen LogP contribution >= 0.6 is 34.0 Å². The second-order valence-corrected chi connectivity index (χ2v) is 12.9. The topological polar surface area (TPSA) is 115 Å². The number of ketones is 1. The first-order chi connectivity index (χ1) is 19.8. The Bertz CT molecular complexity index is 2200. The second-order valence-electron chi connectivity index (χ2n) is 9.67. The van der Waals surface area contributed by atoms with E-state index in [0.29, 0.717) is 5.56 Å². The molecule has 0 fully saturated rings. The van der Waals surface area contributed by atoms with Gasteiger partial charge < -0.3 is 4.90 Å². The SMILES string of the molecule is Cc1cc(N(C)C)ccc1-c1cc2sc3cc(/C=C4\C(=O)c5cc(C#N)c(C#N)cc5C4=C(C#N)C#N)sc3c2s1. The summed E-state index contributed by atoms with van der Waals surface area (Å²) in [6, 6.07) is 21.2. The lowest BCUT2D eigenvalue weighted by atomic mass is 9.96. The fourth-order valence-corrected chi connectivity index (χ4v) is 9.10. The third kappa shape index (κ3) is 4.13. The van der Waals surface area contributed by atoms with Crippen LogP contribution in [0.1, 0.15) is 37.5 Å². The molecule has 2 aromatic carbocycles. The van der Waals surface area contributed by atoms with Gasteiger partial charge in [0, 0.05) is 55.6 Å². The van der Waals surface area contributed by atoms with Gasteiger partial charge in [-0.15, -0.1) is 34.0 Å². The number of rotatable bonds is 3. The van der Waals surface area contributed by atoms with E-state index in [0.717, 1.165) is 20.0 Å². The molecule has 194 valence electrons. The molecule has 0 saturated heterocycles. The average molecular weight is 584 g/mol. The molecule has 9 heteroatoms. The standard InChI is InChI=1S/C32H17N5OS3/c1-16-6-20(37(2)3)4-5-22(16)26-11-28-32(41-26)31-27(40-28)10-21(39-31)9-25-29(19(14-35)15-36)23-7-17(12-33)18(13-34)8-24(23)30(25)38/h4-11H,1-3H3/b25-9-. The number of hydrogen-bond donors (Lipinski definition) is 0. The Balaban J connectivity index is 1.47. The third-order valence-electron chi connectivity index (χ3n) is 7.02. The molecule has 5 aromatic rings. The number of carbonyl (C=O) groups excluding carboxylic acids is 1. The molecular formula is C32H17N5OS3. The summed E-state index contributed by atoms with van der Waals surface area (Å²) in [6.07, 6.45) is 1.71. The fraction of sp³-hybridized carbons (Fsp3) is 0.0938. The Hall–Kier alpha value is -5.03. The van der Waals surface area contributed by atoms with Crippen molar-refractivity contribution in [2.45, 2.75) is 6.92 Å². The predicted octanol–water partition coefficient (Wildman–Crippen LogP) is 8.04. The molecule has 41 heavy (non-hydrogen) atoms. The zero-order chi connectivity index (χ0) is 29.0. The van der Waals surface area contributed by atoms with Crippen molar-refractivity contribution in [3.63, 3.8) is 0 Å². The van der Waals surface area contributed by atoms with Gasteiger partial charge in [-0.05, 0) is 66.1 Å². The summed E-state index contributed by atoms with van der Waals surface area (Å²) in [7, 11) is 4.06. The highest BCUT2D eigenvalue weighted by Crippen LogP contribution is 2.48. The number of nitriles is 4. The maximum Gasteiger partial charge on any atom is 0.194 e. The molecule has 0 amide bonds. The summed E-state index contributed by atoms with van der Waals surface area (Å²) in [6.45, 7) is 2.12. The van der Waals surface area contributed by atoms with Crippen molar-refractivity contribution in [2.24, 2.45) is 0 Å². The van der Waals surface area contributed by atoms with Crippen LogP contribution in [-0.4, -0.2) is 19.9 Å². The molecule has 6 rings (SSSR count). The van der Waals surface area contributed by atoms with Gasteiger partial charge in [-0.3, -0.25) is 4.79 Å². The van der Waals surface area contributed by atoms with E-state index >= 15 is 0 Å². The number of anilines is 1. The van der Waals surface area contributed by atoms with E-state index in [1.54, 1.807) is 40.1 Å². The maximum atomic E-state index is 13.5. The number of aryl methyl sites for hydroxylation is 1. The van der Waals surface area contributed by atoms with Gasteiger partial charge in [-0.2, -0.15) is 21.0 Å². The van der Waals surface area contributed by atoms with Gasteiger partial charge in [0.1, 0.15) is 29.8 Å². The summed E-state index contributed by atoms with van der Waals surface area (Å²) < 4.78 is 4.62. The lowest BCUT2D eigenvalue weighted by Gasteiger charge is -2.14. The van der Waals surface area contributed by atoms with Crippen LogP contribution in [0.2, 0.25) is 0 Å². The van der Waals surface area contributed by atoms with Crippen LogP contribution in [0.15, 0.2) is 53.6 Å². The second kappa shape index (κ2) is 9.86. The predicted molar refractivity (Wildman–Crippen MR) is 166 cm³/mol. The minimum atomic E-state index is -0.379. The Morgan fingerprint density at radius 2 is 1.46 bits per heavy atom. The monoisotopic (exact) mass is 583 g/mol. The summed E-state index contributed by atoms with van der Waals surface area (Å²) in [4.78, 5) is 17.6. The number of benzene rings is 2. The zero-order valence-electron chi connectivity index (χ0n) is 22.0. The van der Waals surface area contributed by atoms with Gasteiger partial charge in [0.05, 0.1) is 20.5 Å². The molecule has 0 atom stereocenters. The Morgan fingerprint density at radius 3 is 2.10 bits per heavy atom. The molecule has 0 unspecified atom stereocenters. The van der Waals surface area contributed by atoms with Crippen molar-refractivity contribution >= 4 is 75.9 Å². The third-order valence-corrected chi connectivity index (χ3v) is 10.8. The molecule has 0 radical (unpaired) electrons. The average Bonchev–Trinajstić information content (AvgIpc) is 3.69. The van der Waals surface area contributed by atoms with Crippen LogP contribution in [0.25, 0.3) is 40.9 Å². The van der Waals surface area contributed by atoms with Crippen LogP contribution in [0.4, 0.5) is 5.69 Å². The summed E-state index contributed by atoms with van der Waals surface area (Å²) >= 11 is 5.00. The normalized spacial score (nSPS) is 13.2. The van der Waals surface area contributed by atoms with Gasteiger partial charge in [0.15, 0.2) is 5.78 Å². The number of carbonyl (C=O) groups is 1. The molecule has 0 N–H and O–H groups in total. The van der Waals surface area contributed by atoms with Crippen molar-refractivity contribution in [2.75, 3.05) is 19.0 Å². The number of allylic oxidation sites excluding steroid dienone is 3. The number of Topliss-reactive ketones (excluding diaryl/α,β-unsaturated/α-hetero) is 1. The van der Waals surface area contributed by atoms with Crippen LogP contribution in [0.3, 0.4) is 0 Å². The molecule has 1 aliphatic carbocycles. The quantitative estimate of drug-likeness (QED) is 0.157. The molecular weight excluding hydrogens is 567 g/mol. The number of hydrogen-bond acceptors (Lipinski definition) is 9. The Labute approximate surface area is 247 Å². The van der Waals surface area contributed by atoms with E-state index < -0.39 is 0 Å². The molecule has 0 saturated carbocycles. The summed E-state index contributed by atoms with van der Waals surface area (Å²) in [5.74, 6) is -0.379. The van der Waals surface area contributed by atoms with Crippen molar-refractivity contribution in [3.05, 3.63) is 86.3 Å². The largest absolute Gasteiger partial charge is 0.378 e. The molecule has 0 spiro atoms. The van der Waals surface area contributed by atoms with Crippen LogP contribution < -0.4 is 4.90 Å². The maximum absolute atomic E-state index is 13.5. The lowest BCUT2D eigenvalue weighted by molar-refractivity contribution is 0.104. The minimum absolute atomic E-state index is 0.0785. The van der Waals surface area contributed by atoms with E-state index in [2.05, 4.69) is 36.1 Å². The summed E-state index contributed by atoms with van der Waals surface area (Å²) in [5, 5.41) is 38.3. The highest BCUT2D eigenvalue weighted by molar-refractivity contribution is 7.39. The molecule has 0 aliphatic heterocycles. The van der Waals surface area contributed by atoms with Gasteiger partial charge in [-0.1, -0.05) is 6.07 Å². The van der Waals surface area contributed by atoms with Crippen molar-refractivity contribution in [3.8, 4) is 34.7 Å². The lowest BCUT2D eigenvalue weighted by Crippen LogP contribution is -2.08. The van der Waals surface area contributed by atoms with Crippen LogP contribution in [-0.2, 0) is 0 Å². The van der Waals surface area contributed by atoms with Gasteiger partial charge >= 0.3 is 0 Å². The first kappa shape index (κ1) is 26.2. The number of thiophene rings is 3. The smallest absolute Gasteiger partial charge is 0.194 e. The number of nitrogens with zero attached hydrogens (tertiary/aromatic N) is 5. The molecule has 0 bridgehead atoms. The van der Waals surface area contributed by atoms with E-state index in [1.165, 1.54) is 37.5 Å². The fourth-order valence-electron chi connectivity index (χ4n) is 5.03. The van der Waals surface area contributed by atoms with Crippen molar-refractivity contribution < 1.29 is 4.79 Å². The molecule has 6 nitrogen and oxygen atoms in total. The zero-order valence-corrected chi connectivity index (χ0v) is 24.4. The van der Waals surface area contributed by atoms with Gasteiger partial charge in [0.2, 0.25) is 0 Å².